The number of fused-ring (bicyclic) bond motifs is 1. The van der Waals surface area contributed by atoms with Gasteiger partial charge in [-0.05, 0) is 32.0 Å². The van der Waals surface area contributed by atoms with Crippen LogP contribution in [0.5, 0.6) is 0 Å². The fourth-order valence-electron chi connectivity index (χ4n) is 2.07. The van der Waals surface area contributed by atoms with Crippen LogP contribution >= 0.6 is 11.8 Å². The number of benzene rings is 1. The van der Waals surface area contributed by atoms with Crippen LogP contribution in [0.1, 0.15) is 11.4 Å². The van der Waals surface area contributed by atoms with Crippen molar-refractivity contribution >= 4 is 34.5 Å². The Labute approximate surface area is 146 Å². The molecule has 1 amide bonds. The number of H-pyrrole nitrogens is 1. The number of nitrogens with zero attached hydrogens (tertiary/aromatic N) is 3. The number of rotatable bonds is 4. The number of anilines is 1. The second-order valence-electron chi connectivity index (χ2n) is 5.28. The van der Waals surface area contributed by atoms with E-state index >= 15 is 0 Å². The molecule has 0 aliphatic rings. The molecule has 2 N–H and O–H groups in total. The van der Waals surface area contributed by atoms with Crippen LogP contribution in [0.4, 0.5) is 10.1 Å². The van der Waals surface area contributed by atoms with Crippen molar-refractivity contribution in [1.82, 2.24) is 19.9 Å². The molecule has 7 nitrogen and oxygen atoms in total. The molecule has 0 bridgehead atoms. The van der Waals surface area contributed by atoms with Crippen molar-refractivity contribution in [3.05, 3.63) is 51.8 Å². The smallest absolute Gasteiger partial charge is 0.279 e. The summed E-state index contributed by atoms with van der Waals surface area (Å²) in [5.41, 5.74) is 1.70. The van der Waals surface area contributed by atoms with Crippen molar-refractivity contribution in [3.63, 3.8) is 0 Å². The second-order valence-corrected chi connectivity index (χ2v) is 6.25. The van der Waals surface area contributed by atoms with Crippen molar-refractivity contribution in [3.8, 4) is 0 Å². The van der Waals surface area contributed by atoms with Gasteiger partial charge in [-0.1, -0.05) is 17.8 Å². The maximum absolute atomic E-state index is 13.1. The third kappa shape index (κ3) is 4.00. The highest BCUT2D eigenvalue weighted by molar-refractivity contribution is 7.99. The summed E-state index contributed by atoms with van der Waals surface area (Å²) in [6, 6.07) is 5.60. The molecule has 1 aromatic carbocycles. The minimum Gasteiger partial charge on any atom is -0.325 e. The molecule has 0 radical (unpaired) electrons. The Bertz CT molecular complexity index is 1020. The lowest BCUT2D eigenvalue weighted by Gasteiger charge is -2.06. The van der Waals surface area contributed by atoms with Crippen LogP contribution in [0.25, 0.3) is 11.2 Å². The minimum atomic E-state index is -0.435. The Morgan fingerprint density at radius 1 is 1.24 bits per heavy atom. The van der Waals surface area contributed by atoms with E-state index in [4.69, 9.17) is 0 Å². The second kappa shape index (κ2) is 6.98. The van der Waals surface area contributed by atoms with E-state index in [1.807, 2.05) is 0 Å². The molecule has 128 valence electrons. The number of amides is 1. The van der Waals surface area contributed by atoms with Crippen molar-refractivity contribution < 1.29 is 9.18 Å². The van der Waals surface area contributed by atoms with Gasteiger partial charge in [0.15, 0.2) is 16.3 Å². The molecule has 25 heavy (non-hydrogen) atoms. The van der Waals surface area contributed by atoms with Gasteiger partial charge in [-0.2, -0.15) is 0 Å². The van der Waals surface area contributed by atoms with Crippen LogP contribution in [0, 0.1) is 19.7 Å². The number of carbonyl (C=O) groups is 1. The molecule has 9 heteroatoms. The Morgan fingerprint density at radius 2 is 2.00 bits per heavy atom. The number of aromatic nitrogens is 4. The zero-order valence-corrected chi connectivity index (χ0v) is 14.3. The molecule has 0 unspecified atom stereocenters. The zero-order valence-electron chi connectivity index (χ0n) is 13.5. The summed E-state index contributed by atoms with van der Waals surface area (Å²) in [5.74, 6) is -0.775. The molecular weight excluding hydrogens is 345 g/mol. The summed E-state index contributed by atoms with van der Waals surface area (Å²) < 4.78 is 13.1. The maximum atomic E-state index is 13.1. The first kappa shape index (κ1) is 17.0. The van der Waals surface area contributed by atoms with Gasteiger partial charge >= 0.3 is 0 Å². The number of thioether (sulfide) groups is 1. The van der Waals surface area contributed by atoms with Crippen molar-refractivity contribution in [2.75, 3.05) is 11.1 Å². The zero-order chi connectivity index (χ0) is 18.0. The predicted octanol–water partition coefficient (Wildman–Crippen LogP) is 2.20. The summed E-state index contributed by atoms with van der Waals surface area (Å²) in [6.07, 6.45) is 0. The molecule has 0 saturated carbocycles. The van der Waals surface area contributed by atoms with Gasteiger partial charge in [0.25, 0.3) is 5.56 Å². The quantitative estimate of drug-likeness (QED) is 0.547. The highest BCUT2D eigenvalue weighted by Crippen LogP contribution is 2.15. The molecule has 0 fully saturated rings. The van der Waals surface area contributed by atoms with Crippen LogP contribution in [-0.2, 0) is 4.79 Å². The third-order valence-electron chi connectivity index (χ3n) is 3.38. The molecule has 0 aliphatic heterocycles. The van der Waals surface area contributed by atoms with Crippen LogP contribution < -0.4 is 10.9 Å². The summed E-state index contributed by atoms with van der Waals surface area (Å²) in [4.78, 5) is 39.3. The van der Waals surface area contributed by atoms with Crippen molar-refractivity contribution in [2.24, 2.45) is 0 Å². The summed E-state index contributed by atoms with van der Waals surface area (Å²) in [6.45, 7) is 3.55. The minimum absolute atomic E-state index is 0.00321. The number of halogens is 1. The molecule has 0 spiro atoms. The van der Waals surface area contributed by atoms with Crippen LogP contribution in [0.3, 0.4) is 0 Å². The largest absolute Gasteiger partial charge is 0.325 e. The Balaban J connectivity index is 1.73. The van der Waals surface area contributed by atoms with Gasteiger partial charge in [-0.25, -0.2) is 19.3 Å². The highest BCUT2D eigenvalue weighted by atomic mass is 32.2. The molecular formula is C16H14FN5O2S. The average molecular weight is 359 g/mol. The first-order valence-corrected chi connectivity index (χ1v) is 8.34. The van der Waals surface area contributed by atoms with Gasteiger partial charge in [0.2, 0.25) is 5.91 Å². The number of carbonyl (C=O) groups excluding carboxylic acids is 1. The maximum Gasteiger partial charge on any atom is 0.279 e. The van der Waals surface area contributed by atoms with Gasteiger partial charge < -0.3 is 5.32 Å². The van der Waals surface area contributed by atoms with E-state index in [2.05, 4.69) is 25.3 Å². The molecule has 0 atom stereocenters. The normalized spacial score (nSPS) is 10.8. The standard InChI is InChI=1S/C16H14FN5O2S/c1-8-9(2)19-14-13(18-8)15(24)22-16(21-14)25-7-12(23)20-11-5-3-4-10(17)6-11/h3-6H,7H2,1-2H3,(H,20,23)(H,19,21,22,24). The first-order valence-electron chi connectivity index (χ1n) is 7.36. The Morgan fingerprint density at radius 3 is 2.76 bits per heavy atom. The van der Waals surface area contributed by atoms with Crippen LogP contribution in [-0.4, -0.2) is 31.6 Å². The predicted molar refractivity (Wildman–Crippen MR) is 93.2 cm³/mol. The number of aryl methyl sites for hydroxylation is 2. The van der Waals surface area contributed by atoms with Crippen LogP contribution in [0.2, 0.25) is 0 Å². The fraction of sp³-hybridized carbons (Fsp3) is 0.188. The van der Waals surface area contributed by atoms with E-state index in [1.165, 1.54) is 18.2 Å². The third-order valence-corrected chi connectivity index (χ3v) is 4.25. The average Bonchev–Trinajstić information content (AvgIpc) is 2.55. The van der Waals surface area contributed by atoms with E-state index in [0.717, 1.165) is 11.8 Å². The van der Waals surface area contributed by atoms with Gasteiger partial charge in [0.05, 0.1) is 17.1 Å². The van der Waals surface area contributed by atoms with Gasteiger partial charge in [-0.3, -0.25) is 14.6 Å². The van der Waals surface area contributed by atoms with E-state index < -0.39 is 11.4 Å². The van der Waals surface area contributed by atoms with Crippen molar-refractivity contribution in [2.45, 2.75) is 19.0 Å². The highest BCUT2D eigenvalue weighted by Gasteiger charge is 2.11. The monoisotopic (exact) mass is 359 g/mol. The molecule has 0 aliphatic carbocycles. The van der Waals surface area contributed by atoms with Gasteiger partial charge in [0, 0.05) is 5.69 Å². The molecule has 2 heterocycles. The number of hydrogen-bond acceptors (Lipinski definition) is 6. The van der Waals surface area contributed by atoms with E-state index in [0.29, 0.717) is 17.1 Å². The molecule has 0 saturated heterocycles. The van der Waals surface area contributed by atoms with E-state index in [1.54, 1.807) is 19.9 Å². The van der Waals surface area contributed by atoms with E-state index in [-0.39, 0.29) is 28.0 Å². The fourth-order valence-corrected chi connectivity index (χ4v) is 2.72. The number of nitrogens with one attached hydrogen (secondary N) is 2. The molecule has 3 rings (SSSR count). The topological polar surface area (TPSA) is 101 Å². The van der Waals surface area contributed by atoms with Gasteiger partial charge in [0.1, 0.15) is 5.82 Å². The number of hydrogen-bond donors (Lipinski definition) is 2. The summed E-state index contributed by atoms with van der Waals surface area (Å²) in [5, 5.41) is 2.84. The molecule has 2 aromatic heterocycles. The SMILES string of the molecule is Cc1nc2nc(SCC(=O)Nc3cccc(F)c3)[nH]c(=O)c2nc1C. The Kier molecular flexibility index (Phi) is 4.75. The van der Waals surface area contributed by atoms with Crippen molar-refractivity contribution in [1.29, 1.82) is 0 Å². The lowest BCUT2D eigenvalue weighted by atomic mass is 10.3. The number of aromatic amines is 1. The molecule has 3 aromatic rings. The first-order chi connectivity index (χ1) is 11.9. The van der Waals surface area contributed by atoms with Gasteiger partial charge in [-0.15, -0.1) is 0 Å². The summed E-state index contributed by atoms with van der Waals surface area (Å²) in [7, 11) is 0. The Hall–Kier alpha value is -2.81. The van der Waals surface area contributed by atoms with E-state index in [9.17, 15) is 14.0 Å². The lowest BCUT2D eigenvalue weighted by Crippen LogP contribution is -2.16. The summed E-state index contributed by atoms with van der Waals surface area (Å²) >= 11 is 1.05. The lowest BCUT2D eigenvalue weighted by molar-refractivity contribution is -0.113. The van der Waals surface area contributed by atoms with Crippen LogP contribution in [0.15, 0.2) is 34.2 Å².